The van der Waals surface area contributed by atoms with E-state index in [0.717, 1.165) is 0 Å². The van der Waals surface area contributed by atoms with Crippen molar-refractivity contribution < 1.29 is 19.1 Å². The van der Waals surface area contributed by atoms with Gasteiger partial charge in [0.05, 0.1) is 11.1 Å². The van der Waals surface area contributed by atoms with E-state index < -0.39 is 5.97 Å². The number of ketones is 1. The first-order chi connectivity index (χ1) is 8.93. The minimum Gasteiger partial charge on any atom is -0.408 e. The number of fused-ring (bicyclic) bond motifs is 1. The maximum Gasteiger partial charge on any atom is 0.309 e. The molecule has 0 aliphatic carbocycles. The number of carbonyl (C=O) groups excluding carboxylic acids is 3. The average Bonchev–Trinajstić information content (AvgIpc) is 2.61. The van der Waals surface area contributed by atoms with Gasteiger partial charge in [-0.15, -0.1) is 0 Å². The van der Waals surface area contributed by atoms with Gasteiger partial charge in [-0.25, -0.2) is 4.57 Å². The van der Waals surface area contributed by atoms with Crippen LogP contribution in [0.15, 0.2) is 24.3 Å². The monoisotopic (exact) mass is 259 g/mol. The summed E-state index contributed by atoms with van der Waals surface area (Å²) in [6, 6.07) is 6.94. The number of ether oxygens (including phenoxy) is 1. The van der Waals surface area contributed by atoms with Gasteiger partial charge >= 0.3 is 5.97 Å². The number of para-hydroxylation sites is 1. The Balaban J connectivity index is 2.91. The Hall–Kier alpha value is -2.43. The lowest BCUT2D eigenvalue weighted by Crippen LogP contribution is -2.13. The van der Waals surface area contributed by atoms with E-state index in [4.69, 9.17) is 4.74 Å². The minimum atomic E-state index is -0.576. The molecule has 0 fully saturated rings. The molecule has 2 aromatic rings. The predicted octanol–water partition coefficient (Wildman–Crippen LogP) is 2.43. The molecule has 98 valence electrons. The van der Waals surface area contributed by atoms with Gasteiger partial charge in [0.15, 0.2) is 5.78 Å². The van der Waals surface area contributed by atoms with Gasteiger partial charge in [0.1, 0.15) is 0 Å². The van der Waals surface area contributed by atoms with E-state index in [0.29, 0.717) is 10.9 Å². The second-order valence-electron chi connectivity index (χ2n) is 4.20. The maximum absolute atomic E-state index is 11.8. The number of aromatic nitrogens is 1. The molecule has 2 rings (SSSR count). The second kappa shape index (κ2) is 4.68. The average molecular weight is 259 g/mol. The molecule has 0 amide bonds. The molecule has 19 heavy (non-hydrogen) atoms. The highest BCUT2D eigenvalue weighted by Crippen LogP contribution is 2.32. The summed E-state index contributed by atoms with van der Waals surface area (Å²) in [5.74, 6) is -1.16. The lowest BCUT2D eigenvalue weighted by molar-refractivity contribution is -0.132. The van der Waals surface area contributed by atoms with Crippen LogP contribution in [0.25, 0.3) is 10.9 Å². The molecule has 0 N–H and O–H groups in total. The number of rotatable bonds is 2. The summed E-state index contributed by atoms with van der Waals surface area (Å²) in [5, 5.41) is 0.599. The molecule has 5 nitrogen and oxygen atoms in total. The Kier molecular flexibility index (Phi) is 3.21. The van der Waals surface area contributed by atoms with Crippen LogP contribution in [0, 0.1) is 0 Å². The van der Waals surface area contributed by atoms with Crippen molar-refractivity contribution in [3.05, 3.63) is 29.8 Å². The summed E-state index contributed by atoms with van der Waals surface area (Å²) in [4.78, 5) is 34.7. The molecule has 5 heteroatoms. The number of carbonyl (C=O) groups is 3. The largest absolute Gasteiger partial charge is 0.408 e. The number of hydrogen-bond donors (Lipinski definition) is 0. The normalized spacial score (nSPS) is 10.5. The topological polar surface area (TPSA) is 65.4 Å². The summed E-state index contributed by atoms with van der Waals surface area (Å²) < 4.78 is 6.31. The fourth-order valence-corrected chi connectivity index (χ4v) is 2.10. The number of nitrogens with zero attached hydrogens (tertiary/aromatic N) is 1. The van der Waals surface area contributed by atoms with Gasteiger partial charge < -0.3 is 4.74 Å². The number of esters is 1. The van der Waals surface area contributed by atoms with E-state index in [-0.39, 0.29) is 23.1 Å². The fraction of sp³-hybridized carbons (Fsp3) is 0.214. The summed E-state index contributed by atoms with van der Waals surface area (Å²) in [5.41, 5.74) is 0.803. The molecule has 0 spiro atoms. The Labute approximate surface area is 109 Å². The van der Waals surface area contributed by atoms with Crippen LogP contribution in [0.3, 0.4) is 0 Å². The van der Waals surface area contributed by atoms with E-state index >= 15 is 0 Å². The highest BCUT2D eigenvalue weighted by Gasteiger charge is 2.24. The molecular formula is C14H13NO4. The van der Waals surface area contributed by atoms with Crippen molar-refractivity contribution in [1.29, 1.82) is 0 Å². The van der Waals surface area contributed by atoms with Gasteiger partial charge in [0.2, 0.25) is 11.8 Å². The highest BCUT2D eigenvalue weighted by molar-refractivity contribution is 6.12. The van der Waals surface area contributed by atoms with Crippen LogP contribution in [0.2, 0.25) is 0 Å². The van der Waals surface area contributed by atoms with Crippen molar-refractivity contribution in [3.63, 3.8) is 0 Å². The molecule has 1 aromatic carbocycles. The van der Waals surface area contributed by atoms with Gasteiger partial charge in [0, 0.05) is 19.2 Å². The molecule has 0 bridgehead atoms. The molecule has 0 radical (unpaired) electrons. The summed E-state index contributed by atoms with van der Waals surface area (Å²) in [6.07, 6.45) is 0. The van der Waals surface area contributed by atoms with E-state index in [1.54, 1.807) is 24.3 Å². The van der Waals surface area contributed by atoms with Crippen LogP contribution in [-0.4, -0.2) is 22.2 Å². The molecular weight excluding hydrogens is 246 g/mol. The zero-order valence-electron chi connectivity index (χ0n) is 10.9. The zero-order valence-corrected chi connectivity index (χ0v) is 10.9. The third-order valence-corrected chi connectivity index (χ3v) is 2.74. The van der Waals surface area contributed by atoms with Crippen LogP contribution in [-0.2, 0) is 4.79 Å². The van der Waals surface area contributed by atoms with Gasteiger partial charge in [-0.05, 0) is 13.0 Å². The molecule has 0 aliphatic rings. The van der Waals surface area contributed by atoms with E-state index in [1.807, 2.05) is 0 Å². The maximum atomic E-state index is 11.8. The van der Waals surface area contributed by atoms with Crippen LogP contribution in [0.4, 0.5) is 0 Å². The van der Waals surface area contributed by atoms with Crippen molar-refractivity contribution >= 4 is 28.6 Å². The third-order valence-electron chi connectivity index (χ3n) is 2.74. The summed E-state index contributed by atoms with van der Waals surface area (Å²) in [7, 11) is 0. The summed E-state index contributed by atoms with van der Waals surface area (Å²) >= 11 is 0. The molecule has 0 saturated carbocycles. The van der Waals surface area contributed by atoms with Crippen molar-refractivity contribution in [2.45, 2.75) is 20.8 Å². The second-order valence-corrected chi connectivity index (χ2v) is 4.20. The molecule has 1 aromatic heterocycles. The van der Waals surface area contributed by atoms with E-state index in [2.05, 4.69) is 0 Å². The van der Waals surface area contributed by atoms with Crippen molar-refractivity contribution in [2.75, 3.05) is 0 Å². The third kappa shape index (κ3) is 2.14. The molecule has 0 aliphatic heterocycles. The van der Waals surface area contributed by atoms with Gasteiger partial charge in [-0.2, -0.15) is 0 Å². The van der Waals surface area contributed by atoms with Gasteiger partial charge in [0.25, 0.3) is 0 Å². The van der Waals surface area contributed by atoms with Gasteiger partial charge in [-0.3, -0.25) is 14.4 Å². The number of benzene rings is 1. The smallest absolute Gasteiger partial charge is 0.309 e. The zero-order chi connectivity index (χ0) is 14.2. The Bertz CT molecular complexity index is 646. The molecule has 0 unspecified atom stereocenters. The Morgan fingerprint density at radius 2 is 1.68 bits per heavy atom. The first-order valence-electron chi connectivity index (χ1n) is 5.77. The fourth-order valence-electron chi connectivity index (χ4n) is 2.10. The lowest BCUT2D eigenvalue weighted by atomic mass is 10.1. The van der Waals surface area contributed by atoms with E-state index in [9.17, 15) is 14.4 Å². The number of Topliss-reactive ketones (excluding diaryl/α,β-unsaturated/α-hetero) is 1. The van der Waals surface area contributed by atoms with Crippen LogP contribution < -0.4 is 4.74 Å². The first kappa shape index (κ1) is 13.0. The number of hydrogen-bond acceptors (Lipinski definition) is 4. The quantitative estimate of drug-likeness (QED) is 0.613. The first-order valence-corrected chi connectivity index (χ1v) is 5.77. The van der Waals surface area contributed by atoms with Crippen molar-refractivity contribution in [1.82, 2.24) is 4.57 Å². The summed E-state index contributed by atoms with van der Waals surface area (Å²) in [6.45, 7) is 3.95. The van der Waals surface area contributed by atoms with Crippen LogP contribution in [0.1, 0.15) is 35.9 Å². The molecule has 0 atom stereocenters. The Morgan fingerprint density at radius 3 is 2.21 bits per heavy atom. The van der Waals surface area contributed by atoms with Crippen LogP contribution >= 0.6 is 0 Å². The standard InChI is InChI=1S/C14H13NO4/c1-8(16)13-11-6-4-5-7-12(11)15(9(2)17)14(13)19-10(3)18/h4-7H,1-3H3. The van der Waals surface area contributed by atoms with E-state index in [1.165, 1.54) is 25.3 Å². The molecule has 1 heterocycles. The van der Waals surface area contributed by atoms with Crippen LogP contribution in [0.5, 0.6) is 5.88 Å². The SMILES string of the molecule is CC(=O)Oc1c(C(C)=O)c2ccccc2n1C(C)=O. The molecule has 0 saturated heterocycles. The minimum absolute atomic E-state index is 0.00583. The van der Waals surface area contributed by atoms with Crippen molar-refractivity contribution in [3.8, 4) is 5.88 Å². The van der Waals surface area contributed by atoms with Gasteiger partial charge in [-0.1, -0.05) is 18.2 Å². The lowest BCUT2D eigenvalue weighted by Gasteiger charge is -2.06. The predicted molar refractivity (Wildman–Crippen MR) is 69.6 cm³/mol. The van der Waals surface area contributed by atoms with Crippen molar-refractivity contribution in [2.24, 2.45) is 0 Å². The Morgan fingerprint density at radius 1 is 1.05 bits per heavy atom. The highest BCUT2D eigenvalue weighted by atomic mass is 16.5.